The second kappa shape index (κ2) is 10.8. The van der Waals surface area contributed by atoms with Gasteiger partial charge in [0.1, 0.15) is 0 Å². The Hall–Kier alpha value is -3.93. The number of pyridine rings is 1. The fourth-order valence-electron chi connectivity index (χ4n) is 4.02. The molecule has 0 unspecified atom stereocenters. The lowest BCUT2D eigenvalue weighted by Crippen LogP contribution is -2.05. The number of allylic oxidation sites excluding steroid dienone is 1. The summed E-state index contributed by atoms with van der Waals surface area (Å²) >= 11 is 0. The molecule has 0 spiro atoms. The Morgan fingerprint density at radius 2 is 1.75 bits per heavy atom. The Bertz CT molecular complexity index is 1410. The van der Waals surface area contributed by atoms with E-state index in [-0.39, 0.29) is 5.78 Å². The minimum absolute atomic E-state index is 0.142. The monoisotopic (exact) mass is 488 g/mol. The first kappa shape index (κ1) is 25.2. The van der Waals surface area contributed by atoms with E-state index in [4.69, 9.17) is 0 Å². The summed E-state index contributed by atoms with van der Waals surface area (Å²) in [5, 5.41) is 3.90. The minimum atomic E-state index is -4.45. The summed E-state index contributed by atoms with van der Waals surface area (Å²) < 4.78 is 39.9. The van der Waals surface area contributed by atoms with Gasteiger partial charge in [0.15, 0.2) is 5.78 Å². The Kier molecular flexibility index (Phi) is 7.53. The molecular weight excluding hydrogens is 461 g/mol. The molecule has 0 amide bonds. The summed E-state index contributed by atoms with van der Waals surface area (Å²) in [4.78, 5) is 16.1. The van der Waals surface area contributed by atoms with Crippen LogP contribution in [0.1, 0.15) is 43.4 Å². The van der Waals surface area contributed by atoms with E-state index in [9.17, 15) is 18.0 Å². The molecule has 0 saturated heterocycles. The summed E-state index contributed by atoms with van der Waals surface area (Å²) in [7, 11) is 0. The molecule has 1 aromatic heterocycles. The maximum Gasteiger partial charge on any atom is 0.416 e. The molecule has 4 aromatic rings. The number of aromatic nitrogens is 1. The zero-order valence-corrected chi connectivity index (χ0v) is 20.2. The number of halogens is 3. The van der Waals surface area contributed by atoms with Crippen molar-refractivity contribution in [3.8, 4) is 11.1 Å². The van der Waals surface area contributed by atoms with Crippen molar-refractivity contribution < 1.29 is 18.0 Å². The van der Waals surface area contributed by atoms with Crippen molar-refractivity contribution in [3.63, 3.8) is 0 Å². The Morgan fingerprint density at radius 3 is 2.44 bits per heavy atom. The third-order valence-electron chi connectivity index (χ3n) is 5.96. The van der Waals surface area contributed by atoms with E-state index < -0.39 is 11.7 Å². The van der Waals surface area contributed by atoms with Gasteiger partial charge >= 0.3 is 6.18 Å². The van der Waals surface area contributed by atoms with E-state index >= 15 is 0 Å². The predicted molar refractivity (Wildman–Crippen MR) is 140 cm³/mol. The number of nitrogens with one attached hydrogen (secondary N) is 1. The molecule has 0 saturated carbocycles. The van der Waals surface area contributed by atoms with E-state index in [2.05, 4.69) is 41.5 Å². The predicted octanol–water partition coefficient (Wildman–Crippen LogP) is 8.61. The summed E-state index contributed by atoms with van der Waals surface area (Å²) in [6.07, 6.45) is 3.52. The molecule has 0 atom stereocenters. The van der Waals surface area contributed by atoms with Gasteiger partial charge in [-0.15, -0.1) is 0 Å². The van der Waals surface area contributed by atoms with Crippen LogP contribution in [-0.2, 0) is 17.4 Å². The molecule has 184 valence electrons. The number of carbonyl (C=O) groups is 1. The lowest BCUT2D eigenvalue weighted by molar-refractivity contribution is -0.137. The van der Waals surface area contributed by atoms with Crippen molar-refractivity contribution >= 4 is 34.1 Å². The van der Waals surface area contributed by atoms with Crippen LogP contribution < -0.4 is 5.32 Å². The Morgan fingerprint density at radius 1 is 1.00 bits per heavy atom. The molecule has 1 heterocycles. The number of unbranched alkanes of at least 4 members (excludes halogenated alkanes) is 1. The largest absolute Gasteiger partial charge is 0.416 e. The first-order valence-corrected chi connectivity index (χ1v) is 11.9. The van der Waals surface area contributed by atoms with Crippen molar-refractivity contribution in [1.82, 2.24) is 4.98 Å². The van der Waals surface area contributed by atoms with Gasteiger partial charge in [0.2, 0.25) is 0 Å². The van der Waals surface area contributed by atoms with Gasteiger partial charge in [0.25, 0.3) is 0 Å². The number of alkyl halides is 3. The van der Waals surface area contributed by atoms with Crippen molar-refractivity contribution in [1.29, 1.82) is 0 Å². The van der Waals surface area contributed by atoms with Crippen LogP contribution in [0.4, 0.5) is 24.5 Å². The smallest absolute Gasteiger partial charge is 0.354 e. The summed E-state index contributed by atoms with van der Waals surface area (Å²) in [5.41, 5.74) is 4.70. The highest BCUT2D eigenvalue weighted by Crippen LogP contribution is 2.35. The number of fused-ring (bicyclic) bond motifs is 1. The normalized spacial score (nSPS) is 11.8. The highest BCUT2D eigenvalue weighted by Gasteiger charge is 2.30. The van der Waals surface area contributed by atoms with Gasteiger partial charge < -0.3 is 5.32 Å². The van der Waals surface area contributed by atoms with E-state index in [1.54, 1.807) is 18.3 Å². The van der Waals surface area contributed by atoms with Crippen LogP contribution in [0, 0.1) is 0 Å². The van der Waals surface area contributed by atoms with E-state index in [0.29, 0.717) is 22.5 Å². The quantitative estimate of drug-likeness (QED) is 0.253. The van der Waals surface area contributed by atoms with Crippen LogP contribution in [0.15, 0.2) is 79.0 Å². The van der Waals surface area contributed by atoms with Crippen molar-refractivity contribution in [2.45, 2.75) is 39.3 Å². The zero-order chi connectivity index (χ0) is 25.7. The highest BCUT2D eigenvalue weighted by atomic mass is 19.4. The molecule has 1 N–H and O–H groups in total. The highest BCUT2D eigenvalue weighted by molar-refractivity contribution is 6.01. The first-order chi connectivity index (χ1) is 17.2. The van der Waals surface area contributed by atoms with Gasteiger partial charge in [-0.25, -0.2) is 0 Å². The van der Waals surface area contributed by atoms with Crippen molar-refractivity contribution in [2.75, 3.05) is 5.32 Å². The van der Waals surface area contributed by atoms with Gasteiger partial charge in [-0.2, -0.15) is 13.2 Å². The number of aryl methyl sites for hydroxylation is 1. The number of ketones is 1. The minimum Gasteiger partial charge on any atom is -0.354 e. The zero-order valence-electron chi connectivity index (χ0n) is 20.2. The van der Waals surface area contributed by atoms with E-state index in [1.807, 2.05) is 18.2 Å². The van der Waals surface area contributed by atoms with Gasteiger partial charge in [-0.3, -0.25) is 9.78 Å². The average Bonchev–Trinajstić information content (AvgIpc) is 2.86. The third kappa shape index (κ3) is 6.00. The molecule has 36 heavy (non-hydrogen) atoms. The van der Waals surface area contributed by atoms with E-state index in [1.165, 1.54) is 24.6 Å². The summed E-state index contributed by atoms with van der Waals surface area (Å²) in [5.74, 6) is -0.142. The first-order valence-electron chi connectivity index (χ1n) is 11.9. The molecular formula is C30H27F3N2O. The summed E-state index contributed by atoms with van der Waals surface area (Å²) in [6.45, 7) is 3.61. The number of benzene rings is 3. The topological polar surface area (TPSA) is 42.0 Å². The number of anilines is 2. The number of hydrogen-bond acceptors (Lipinski definition) is 3. The molecule has 0 aliphatic rings. The maximum absolute atomic E-state index is 13.3. The Balaban J connectivity index is 1.80. The maximum atomic E-state index is 13.3. The van der Waals surface area contributed by atoms with Gasteiger partial charge in [0.05, 0.1) is 16.8 Å². The van der Waals surface area contributed by atoms with Crippen LogP contribution >= 0.6 is 0 Å². The molecule has 0 fully saturated rings. The molecule has 0 bridgehead atoms. The van der Waals surface area contributed by atoms with Crippen LogP contribution in [-0.4, -0.2) is 10.8 Å². The Labute approximate surface area is 208 Å². The molecule has 0 aliphatic carbocycles. The third-order valence-corrected chi connectivity index (χ3v) is 5.96. The van der Waals surface area contributed by atoms with Crippen molar-refractivity contribution in [3.05, 3.63) is 95.7 Å². The van der Waals surface area contributed by atoms with Gasteiger partial charge in [-0.05, 0) is 78.9 Å². The second-order valence-corrected chi connectivity index (χ2v) is 8.77. The number of hydrogen-bond donors (Lipinski definition) is 1. The van der Waals surface area contributed by atoms with Gasteiger partial charge in [-0.1, -0.05) is 49.7 Å². The van der Waals surface area contributed by atoms with Crippen molar-refractivity contribution in [2.24, 2.45) is 0 Å². The fraction of sp³-hybridized carbons (Fsp3) is 0.200. The molecule has 3 nitrogen and oxygen atoms in total. The lowest BCUT2D eigenvalue weighted by Gasteiger charge is -2.16. The van der Waals surface area contributed by atoms with E-state index in [0.717, 1.165) is 47.9 Å². The second-order valence-electron chi connectivity index (χ2n) is 8.77. The van der Waals surface area contributed by atoms with Crippen LogP contribution in [0.2, 0.25) is 0 Å². The number of carbonyl (C=O) groups excluding carboxylic acids is 1. The van der Waals surface area contributed by atoms with Crippen LogP contribution in [0.5, 0.6) is 0 Å². The van der Waals surface area contributed by atoms with Gasteiger partial charge in [0, 0.05) is 22.8 Å². The molecule has 4 rings (SSSR count). The fourth-order valence-corrected chi connectivity index (χ4v) is 4.02. The van der Waals surface area contributed by atoms with Crippen LogP contribution in [0.3, 0.4) is 0 Å². The standard InChI is InChI=1S/C30H27F3N2O/c1-3-4-6-21-10-13-22(14-11-21)23-15-16-28-27(17-23)29(24(19-34-28)12-9-20(2)36)35-26-8-5-7-25(18-26)30(31,32)33/h5,7-19H,3-4,6H2,1-2H3,(H,34,35)/b12-9+. The van der Waals surface area contributed by atoms with Crippen LogP contribution in [0.25, 0.3) is 28.1 Å². The molecule has 3 aromatic carbocycles. The number of rotatable bonds is 8. The lowest BCUT2D eigenvalue weighted by atomic mass is 9.99. The average molecular weight is 489 g/mol. The molecule has 6 heteroatoms. The molecule has 0 aliphatic heterocycles. The number of nitrogens with zero attached hydrogens (tertiary/aromatic N) is 1. The molecule has 0 radical (unpaired) electrons. The SMILES string of the molecule is CCCCc1ccc(-c2ccc3ncc(/C=C/C(C)=O)c(Nc4cccc(C(F)(F)F)c4)c3c2)cc1. The summed E-state index contributed by atoms with van der Waals surface area (Å²) in [6, 6.07) is 19.3.